The first-order valence-corrected chi connectivity index (χ1v) is 6.59. The molecule has 0 saturated carbocycles. The monoisotopic (exact) mass is 253 g/mol. The topological polar surface area (TPSA) is 47.4 Å². The number of nitrogens with zero attached hydrogens (tertiary/aromatic N) is 3. The van der Waals surface area contributed by atoms with Crippen LogP contribution < -0.4 is 0 Å². The molecule has 0 aliphatic heterocycles. The van der Waals surface area contributed by atoms with Crippen LogP contribution in [0.5, 0.6) is 0 Å². The van der Waals surface area contributed by atoms with E-state index in [1.165, 1.54) is 0 Å². The number of ether oxygens (including phenoxy) is 1. The second-order valence-corrected chi connectivity index (χ2v) is 4.15. The van der Waals surface area contributed by atoms with Gasteiger partial charge in [-0.1, -0.05) is 6.92 Å². The standard InChI is InChI=1S/C13H23N3O2/c1-4-8-15(11-13(17)18-6-3)10-12-14-7-9-16(12)5-2/h7,9H,4-6,8,10-11H2,1-3H3. The van der Waals surface area contributed by atoms with Crippen LogP contribution in [0.25, 0.3) is 0 Å². The largest absolute Gasteiger partial charge is 0.465 e. The highest BCUT2D eigenvalue weighted by Gasteiger charge is 2.13. The fourth-order valence-corrected chi connectivity index (χ4v) is 1.90. The van der Waals surface area contributed by atoms with Crippen molar-refractivity contribution in [2.24, 2.45) is 0 Å². The summed E-state index contributed by atoms with van der Waals surface area (Å²) >= 11 is 0. The summed E-state index contributed by atoms with van der Waals surface area (Å²) in [5, 5.41) is 0. The first-order valence-electron chi connectivity index (χ1n) is 6.59. The summed E-state index contributed by atoms with van der Waals surface area (Å²) in [7, 11) is 0. The molecule has 1 heterocycles. The Morgan fingerprint density at radius 3 is 2.83 bits per heavy atom. The molecular weight excluding hydrogens is 230 g/mol. The third kappa shape index (κ3) is 4.49. The first-order chi connectivity index (χ1) is 8.71. The lowest BCUT2D eigenvalue weighted by molar-refractivity contribution is -0.144. The summed E-state index contributed by atoms with van der Waals surface area (Å²) in [5.41, 5.74) is 0. The van der Waals surface area contributed by atoms with Gasteiger partial charge < -0.3 is 9.30 Å². The van der Waals surface area contributed by atoms with Gasteiger partial charge >= 0.3 is 5.97 Å². The Morgan fingerprint density at radius 2 is 2.22 bits per heavy atom. The van der Waals surface area contributed by atoms with E-state index in [2.05, 4.69) is 28.3 Å². The van der Waals surface area contributed by atoms with Crippen LogP contribution in [0.2, 0.25) is 0 Å². The van der Waals surface area contributed by atoms with Gasteiger partial charge in [-0.25, -0.2) is 4.98 Å². The molecule has 0 saturated heterocycles. The molecule has 0 aromatic carbocycles. The second-order valence-electron chi connectivity index (χ2n) is 4.15. The highest BCUT2D eigenvalue weighted by Crippen LogP contribution is 2.04. The van der Waals surface area contributed by atoms with Crippen LogP contribution in [-0.4, -0.2) is 40.1 Å². The van der Waals surface area contributed by atoms with E-state index in [0.717, 1.165) is 25.3 Å². The maximum Gasteiger partial charge on any atom is 0.320 e. The van der Waals surface area contributed by atoms with Gasteiger partial charge in [-0.05, 0) is 26.8 Å². The fraction of sp³-hybridized carbons (Fsp3) is 0.692. The van der Waals surface area contributed by atoms with Gasteiger partial charge in [0, 0.05) is 18.9 Å². The molecule has 0 aliphatic rings. The zero-order valence-corrected chi connectivity index (χ0v) is 11.6. The normalized spacial score (nSPS) is 10.9. The number of aryl methyl sites for hydroxylation is 1. The van der Waals surface area contributed by atoms with Crippen molar-refractivity contribution in [1.82, 2.24) is 14.5 Å². The van der Waals surface area contributed by atoms with Gasteiger partial charge in [0.2, 0.25) is 0 Å². The minimum atomic E-state index is -0.166. The zero-order chi connectivity index (χ0) is 13.4. The Hall–Kier alpha value is -1.36. The van der Waals surface area contributed by atoms with Crippen molar-refractivity contribution >= 4 is 5.97 Å². The molecule has 0 spiro atoms. The van der Waals surface area contributed by atoms with Gasteiger partial charge in [-0.2, -0.15) is 0 Å². The molecule has 1 aromatic heterocycles. The Kier molecular flexibility index (Phi) is 6.43. The van der Waals surface area contributed by atoms with Crippen LogP contribution >= 0.6 is 0 Å². The van der Waals surface area contributed by atoms with E-state index < -0.39 is 0 Å². The maximum absolute atomic E-state index is 11.5. The van der Waals surface area contributed by atoms with E-state index in [1.54, 1.807) is 6.20 Å². The average Bonchev–Trinajstić information content (AvgIpc) is 2.76. The molecule has 0 atom stereocenters. The number of rotatable bonds is 8. The molecule has 0 unspecified atom stereocenters. The van der Waals surface area contributed by atoms with Gasteiger partial charge in [-0.3, -0.25) is 9.69 Å². The third-order valence-electron chi connectivity index (χ3n) is 2.71. The Labute approximate surface area is 109 Å². The molecule has 0 aliphatic carbocycles. The molecular formula is C13H23N3O2. The van der Waals surface area contributed by atoms with E-state index in [9.17, 15) is 4.79 Å². The molecule has 0 N–H and O–H groups in total. The number of esters is 1. The third-order valence-corrected chi connectivity index (χ3v) is 2.71. The Morgan fingerprint density at radius 1 is 1.44 bits per heavy atom. The van der Waals surface area contributed by atoms with Crippen molar-refractivity contribution in [2.45, 2.75) is 40.3 Å². The number of hydrogen-bond acceptors (Lipinski definition) is 4. The van der Waals surface area contributed by atoms with E-state index in [1.807, 2.05) is 13.1 Å². The predicted octanol–water partition coefficient (Wildman–Crippen LogP) is 1.68. The quantitative estimate of drug-likeness (QED) is 0.661. The van der Waals surface area contributed by atoms with Crippen molar-refractivity contribution in [3.8, 4) is 0 Å². The minimum Gasteiger partial charge on any atom is -0.465 e. The Balaban J connectivity index is 2.59. The molecule has 1 rings (SSSR count). The lowest BCUT2D eigenvalue weighted by Gasteiger charge is -2.20. The number of carbonyl (C=O) groups excluding carboxylic acids is 1. The van der Waals surface area contributed by atoms with Gasteiger partial charge in [0.05, 0.1) is 19.7 Å². The first kappa shape index (κ1) is 14.7. The molecule has 1 aromatic rings. The zero-order valence-electron chi connectivity index (χ0n) is 11.6. The fourth-order valence-electron chi connectivity index (χ4n) is 1.90. The van der Waals surface area contributed by atoms with Crippen LogP contribution in [-0.2, 0) is 22.6 Å². The molecule has 102 valence electrons. The SMILES string of the molecule is CCCN(CC(=O)OCC)Cc1nccn1CC. The van der Waals surface area contributed by atoms with Crippen LogP contribution in [0.3, 0.4) is 0 Å². The summed E-state index contributed by atoms with van der Waals surface area (Å²) < 4.78 is 7.08. The van der Waals surface area contributed by atoms with Crippen LogP contribution in [0.15, 0.2) is 12.4 Å². The summed E-state index contributed by atoms with van der Waals surface area (Å²) in [6.45, 7) is 9.23. The molecule has 0 bridgehead atoms. The second kappa shape index (κ2) is 7.87. The van der Waals surface area contributed by atoms with E-state index in [0.29, 0.717) is 19.7 Å². The minimum absolute atomic E-state index is 0.166. The van der Waals surface area contributed by atoms with Gasteiger partial charge in [-0.15, -0.1) is 0 Å². The number of hydrogen-bond donors (Lipinski definition) is 0. The Bertz CT molecular complexity index is 363. The van der Waals surface area contributed by atoms with Crippen molar-refractivity contribution in [3.05, 3.63) is 18.2 Å². The lowest BCUT2D eigenvalue weighted by atomic mass is 10.3. The molecule has 5 heteroatoms. The van der Waals surface area contributed by atoms with Crippen molar-refractivity contribution < 1.29 is 9.53 Å². The molecule has 0 amide bonds. The van der Waals surface area contributed by atoms with Crippen molar-refractivity contribution in [3.63, 3.8) is 0 Å². The lowest BCUT2D eigenvalue weighted by Crippen LogP contribution is -2.32. The number of carbonyl (C=O) groups is 1. The highest BCUT2D eigenvalue weighted by molar-refractivity contribution is 5.71. The smallest absolute Gasteiger partial charge is 0.320 e. The van der Waals surface area contributed by atoms with E-state index >= 15 is 0 Å². The molecule has 0 fully saturated rings. The predicted molar refractivity (Wildman–Crippen MR) is 70.1 cm³/mol. The van der Waals surface area contributed by atoms with Gasteiger partial charge in [0.1, 0.15) is 5.82 Å². The molecule has 0 radical (unpaired) electrons. The number of imidazole rings is 1. The van der Waals surface area contributed by atoms with E-state index in [4.69, 9.17) is 4.74 Å². The van der Waals surface area contributed by atoms with Crippen molar-refractivity contribution in [2.75, 3.05) is 19.7 Å². The summed E-state index contributed by atoms with van der Waals surface area (Å²) in [4.78, 5) is 17.9. The average molecular weight is 253 g/mol. The van der Waals surface area contributed by atoms with Crippen molar-refractivity contribution in [1.29, 1.82) is 0 Å². The van der Waals surface area contributed by atoms with Crippen LogP contribution in [0, 0.1) is 0 Å². The summed E-state index contributed by atoms with van der Waals surface area (Å²) in [6, 6.07) is 0. The molecule has 5 nitrogen and oxygen atoms in total. The van der Waals surface area contributed by atoms with E-state index in [-0.39, 0.29) is 5.97 Å². The van der Waals surface area contributed by atoms with Crippen LogP contribution in [0.4, 0.5) is 0 Å². The van der Waals surface area contributed by atoms with Crippen LogP contribution in [0.1, 0.15) is 33.0 Å². The van der Waals surface area contributed by atoms with Gasteiger partial charge in [0.25, 0.3) is 0 Å². The molecule has 18 heavy (non-hydrogen) atoms. The highest BCUT2D eigenvalue weighted by atomic mass is 16.5. The summed E-state index contributed by atoms with van der Waals surface area (Å²) in [5.74, 6) is 0.829. The summed E-state index contributed by atoms with van der Waals surface area (Å²) in [6.07, 6.45) is 4.77. The van der Waals surface area contributed by atoms with Gasteiger partial charge in [0.15, 0.2) is 0 Å². The number of aromatic nitrogens is 2. The maximum atomic E-state index is 11.5.